The standard InChI is InChI=1S/C17H22FN5O2S/c1-3-23(4-2)9-10-26-17-21-14(19)13(16(25)22-17)20-15(24)11-5-7-12(18)8-6-11/h5-8H,3-4,9-10H2,1-2H3,(H,20,24)(H3,19,21,22,25)/p+1. The summed E-state index contributed by atoms with van der Waals surface area (Å²) in [6.45, 7) is 7.28. The molecule has 5 N–H and O–H groups in total. The van der Waals surface area contributed by atoms with Gasteiger partial charge in [0, 0.05) is 5.56 Å². The number of H-pyrrole nitrogens is 1. The summed E-state index contributed by atoms with van der Waals surface area (Å²) in [5, 5.41) is 2.84. The van der Waals surface area contributed by atoms with Gasteiger partial charge in [-0.2, -0.15) is 0 Å². The van der Waals surface area contributed by atoms with Crippen LogP contribution in [0, 0.1) is 5.82 Å². The van der Waals surface area contributed by atoms with Gasteiger partial charge >= 0.3 is 0 Å². The fourth-order valence-corrected chi connectivity index (χ4v) is 3.25. The average molecular weight is 380 g/mol. The van der Waals surface area contributed by atoms with Gasteiger partial charge in [-0.15, -0.1) is 0 Å². The lowest BCUT2D eigenvalue weighted by atomic mass is 10.2. The SMILES string of the molecule is CC[NH+](CC)CCSc1nc(N)c(NC(=O)c2ccc(F)cc2)c(=O)[nH]1. The summed E-state index contributed by atoms with van der Waals surface area (Å²) in [5.41, 5.74) is 5.41. The summed E-state index contributed by atoms with van der Waals surface area (Å²) in [6, 6.07) is 4.97. The lowest BCUT2D eigenvalue weighted by Gasteiger charge is -2.14. The number of benzene rings is 1. The first-order chi connectivity index (χ1) is 12.4. The predicted octanol–water partition coefficient (Wildman–Crippen LogP) is 0.760. The molecule has 0 aliphatic rings. The molecule has 0 aliphatic heterocycles. The number of hydrogen-bond acceptors (Lipinski definition) is 5. The number of nitrogens with zero attached hydrogens (tertiary/aromatic N) is 1. The Kier molecular flexibility index (Phi) is 7.16. The second-order valence-corrected chi connectivity index (χ2v) is 6.73. The zero-order chi connectivity index (χ0) is 19.1. The number of carbonyl (C=O) groups is 1. The molecule has 1 amide bonds. The molecule has 26 heavy (non-hydrogen) atoms. The molecule has 0 unspecified atom stereocenters. The summed E-state index contributed by atoms with van der Waals surface area (Å²) >= 11 is 1.41. The van der Waals surface area contributed by atoms with E-state index in [4.69, 9.17) is 5.73 Å². The lowest BCUT2D eigenvalue weighted by molar-refractivity contribution is -0.893. The number of carbonyl (C=O) groups excluding carboxylic acids is 1. The Balaban J connectivity index is 2.05. The summed E-state index contributed by atoms with van der Waals surface area (Å²) in [5.74, 6) is -0.273. The number of rotatable bonds is 8. The summed E-state index contributed by atoms with van der Waals surface area (Å²) in [6.07, 6.45) is 0. The van der Waals surface area contributed by atoms with E-state index in [0.717, 1.165) is 25.4 Å². The highest BCUT2D eigenvalue weighted by Crippen LogP contribution is 2.16. The monoisotopic (exact) mass is 380 g/mol. The molecule has 0 fully saturated rings. The van der Waals surface area contributed by atoms with Crippen LogP contribution in [0.5, 0.6) is 0 Å². The van der Waals surface area contributed by atoms with E-state index in [2.05, 4.69) is 29.1 Å². The molecule has 1 aromatic carbocycles. The Morgan fingerprint density at radius 3 is 2.54 bits per heavy atom. The van der Waals surface area contributed by atoms with E-state index < -0.39 is 17.3 Å². The number of nitrogens with one attached hydrogen (secondary N) is 3. The summed E-state index contributed by atoms with van der Waals surface area (Å²) in [4.78, 5) is 32.6. The number of hydrogen-bond donors (Lipinski definition) is 4. The van der Waals surface area contributed by atoms with Crippen LogP contribution in [0.2, 0.25) is 0 Å². The highest BCUT2D eigenvalue weighted by Gasteiger charge is 2.14. The van der Waals surface area contributed by atoms with Crippen LogP contribution in [-0.2, 0) is 0 Å². The second kappa shape index (κ2) is 9.35. The normalized spacial score (nSPS) is 10.9. The van der Waals surface area contributed by atoms with Crippen LogP contribution in [0.3, 0.4) is 0 Å². The van der Waals surface area contributed by atoms with Crippen molar-refractivity contribution in [2.24, 2.45) is 0 Å². The predicted molar refractivity (Wildman–Crippen MR) is 101 cm³/mol. The first-order valence-electron chi connectivity index (χ1n) is 8.37. The Labute approximate surface area is 155 Å². The summed E-state index contributed by atoms with van der Waals surface area (Å²) < 4.78 is 12.9. The van der Waals surface area contributed by atoms with Crippen molar-refractivity contribution in [2.75, 3.05) is 36.4 Å². The summed E-state index contributed by atoms with van der Waals surface area (Å²) in [7, 11) is 0. The van der Waals surface area contributed by atoms with Crippen LogP contribution in [-0.4, -0.2) is 41.3 Å². The Bertz CT molecular complexity index is 806. The first-order valence-corrected chi connectivity index (χ1v) is 9.36. The van der Waals surface area contributed by atoms with Gasteiger partial charge < -0.3 is 16.0 Å². The Morgan fingerprint density at radius 1 is 1.31 bits per heavy atom. The van der Waals surface area contributed by atoms with Gasteiger partial charge in [-0.05, 0) is 38.1 Å². The van der Waals surface area contributed by atoms with Gasteiger partial charge in [0.05, 0.1) is 25.4 Å². The molecule has 7 nitrogen and oxygen atoms in total. The number of amides is 1. The van der Waals surface area contributed by atoms with Crippen molar-refractivity contribution in [3.63, 3.8) is 0 Å². The third kappa shape index (κ3) is 5.30. The number of nitrogen functional groups attached to an aromatic ring is 1. The highest BCUT2D eigenvalue weighted by molar-refractivity contribution is 7.99. The fourth-order valence-electron chi connectivity index (χ4n) is 2.34. The molecular formula is C17H23FN5O2S+. The van der Waals surface area contributed by atoms with E-state index in [1.807, 2.05) is 0 Å². The van der Waals surface area contributed by atoms with Crippen molar-refractivity contribution in [2.45, 2.75) is 19.0 Å². The van der Waals surface area contributed by atoms with Crippen molar-refractivity contribution >= 4 is 29.2 Å². The molecule has 0 saturated heterocycles. The number of halogens is 1. The van der Waals surface area contributed by atoms with Gasteiger partial charge in [0.2, 0.25) is 0 Å². The van der Waals surface area contributed by atoms with E-state index in [0.29, 0.717) is 5.16 Å². The molecule has 0 radical (unpaired) electrons. The van der Waals surface area contributed by atoms with E-state index in [9.17, 15) is 14.0 Å². The molecule has 0 atom stereocenters. The molecule has 0 aliphatic carbocycles. The van der Waals surface area contributed by atoms with Gasteiger partial charge in [-0.25, -0.2) is 9.37 Å². The Morgan fingerprint density at radius 2 is 1.96 bits per heavy atom. The number of nitrogens with two attached hydrogens (primary N) is 1. The zero-order valence-electron chi connectivity index (χ0n) is 14.8. The number of aromatic nitrogens is 2. The van der Waals surface area contributed by atoms with Gasteiger partial charge in [-0.3, -0.25) is 14.6 Å². The molecule has 2 aromatic rings. The van der Waals surface area contributed by atoms with Gasteiger partial charge in [0.1, 0.15) is 11.5 Å². The topological polar surface area (TPSA) is 105 Å². The number of anilines is 2. The average Bonchev–Trinajstić information content (AvgIpc) is 2.62. The van der Waals surface area contributed by atoms with Crippen molar-refractivity contribution in [1.82, 2.24) is 9.97 Å². The van der Waals surface area contributed by atoms with Crippen LogP contribution in [0.25, 0.3) is 0 Å². The smallest absolute Gasteiger partial charge is 0.277 e. The minimum atomic E-state index is -0.561. The first kappa shape index (κ1) is 19.9. The van der Waals surface area contributed by atoms with Crippen molar-refractivity contribution < 1.29 is 14.1 Å². The maximum Gasteiger partial charge on any atom is 0.277 e. The quantitative estimate of drug-likeness (QED) is 0.400. The van der Waals surface area contributed by atoms with E-state index in [-0.39, 0.29) is 17.1 Å². The largest absolute Gasteiger partial charge is 0.382 e. The van der Waals surface area contributed by atoms with E-state index in [1.54, 1.807) is 0 Å². The number of quaternary nitrogens is 1. The lowest BCUT2D eigenvalue weighted by Crippen LogP contribution is -3.11. The molecule has 0 bridgehead atoms. The molecule has 1 heterocycles. The van der Waals surface area contributed by atoms with Crippen molar-refractivity contribution in [3.8, 4) is 0 Å². The molecule has 9 heteroatoms. The minimum absolute atomic E-state index is 0.0538. The molecule has 1 aromatic heterocycles. The maximum absolute atomic E-state index is 12.9. The van der Waals surface area contributed by atoms with E-state index in [1.165, 1.54) is 40.9 Å². The van der Waals surface area contributed by atoms with Gasteiger partial charge in [0.15, 0.2) is 11.0 Å². The van der Waals surface area contributed by atoms with Crippen LogP contribution >= 0.6 is 11.8 Å². The molecule has 2 rings (SSSR count). The minimum Gasteiger partial charge on any atom is -0.382 e. The molecular weight excluding hydrogens is 357 g/mol. The van der Waals surface area contributed by atoms with Crippen LogP contribution in [0.4, 0.5) is 15.9 Å². The van der Waals surface area contributed by atoms with Gasteiger partial charge in [0.25, 0.3) is 11.5 Å². The molecule has 140 valence electrons. The zero-order valence-corrected chi connectivity index (χ0v) is 15.6. The highest BCUT2D eigenvalue weighted by atomic mass is 32.2. The maximum atomic E-state index is 12.9. The Hall–Kier alpha value is -2.39. The van der Waals surface area contributed by atoms with E-state index >= 15 is 0 Å². The molecule has 0 spiro atoms. The van der Waals surface area contributed by atoms with Crippen LogP contribution in [0.1, 0.15) is 24.2 Å². The molecule has 0 saturated carbocycles. The third-order valence-corrected chi connectivity index (χ3v) is 4.84. The number of thioether (sulfide) groups is 1. The van der Waals surface area contributed by atoms with Crippen LogP contribution in [0.15, 0.2) is 34.2 Å². The van der Waals surface area contributed by atoms with Gasteiger partial charge in [-0.1, -0.05) is 11.8 Å². The number of aromatic amines is 1. The third-order valence-electron chi connectivity index (χ3n) is 3.97. The van der Waals surface area contributed by atoms with Crippen molar-refractivity contribution in [3.05, 3.63) is 46.0 Å². The fraction of sp³-hybridized carbons (Fsp3) is 0.353. The van der Waals surface area contributed by atoms with Crippen LogP contribution < -0.4 is 21.5 Å². The second-order valence-electron chi connectivity index (χ2n) is 5.65. The van der Waals surface area contributed by atoms with Crippen molar-refractivity contribution in [1.29, 1.82) is 0 Å².